The number of rotatable bonds is 6. The molecule has 186 valence electrons. The Morgan fingerprint density at radius 3 is 0.811 bits per heavy atom. The Kier molecular flexibility index (Phi) is 13.0. The van der Waals surface area contributed by atoms with Crippen LogP contribution in [0.1, 0.15) is 0 Å². The molecule has 4 N–H and O–H groups in total. The Hall–Kier alpha value is -1.56. The molecule has 0 heterocycles. The minimum Gasteiger partial charge on any atom is -0.740 e. The van der Waals surface area contributed by atoms with Gasteiger partial charge in [-0.05, 0) is 48.5 Å². The molecule has 0 amide bonds. The molecule has 0 aromatic heterocycles. The van der Waals surface area contributed by atoms with Crippen molar-refractivity contribution in [2.75, 3.05) is 0 Å². The average Bonchev–Trinajstić information content (AvgIpc) is 2.90. The average molecular weight is 648 g/mol. The third kappa shape index (κ3) is 8.73. The van der Waals surface area contributed by atoms with Crippen molar-refractivity contribution in [1.82, 2.24) is 0 Å². The largest absolute Gasteiger partial charge is 0.740 e. The van der Waals surface area contributed by atoms with Gasteiger partial charge in [0.25, 0.3) is 0 Å². The van der Waals surface area contributed by atoms with Crippen LogP contribution in [0.15, 0.2) is 131 Å². The van der Waals surface area contributed by atoms with Gasteiger partial charge in [0, 0.05) is 29.8 Å². The summed E-state index contributed by atoms with van der Waals surface area (Å²) in [5.41, 5.74) is 11.2. The van der Waals surface area contributed by atoms with Crippen molar-refractivity contribution in [3.8, 4) is 0 Å². The van der Waals surface area contributed by atoms with Gasteiger partial charge in [-0.3, -0.25) is 0 Å². The summed E-state index contributed by atoms with van der Waals surface area (Å²) in [6.45, 7) is -4.58. The van der Waals surface area contributed by atoms with E-state index in [2.05, 4.69) is 9.53 Å². The summed E-state index contributed by atoms with van der Waals surface area (Å²) < 4.78 is 8.77. The molecule has 0 bridgehead atoms. The van der Waals surface area contributed by atoms with Crippen LogP contribution in [0.3, 0.4) is 0 Å². The molecule has 0 atom stereocenters. The second-order valence-electron chi connectivity index (χ2n) is 7.37. The van der Waals surface area contributed by atoms with Gasteiger partial charge in [-0.15, -0.1) is 0 Å². The third-order valence-corrected chi connectivity index (χ3v) is 13.4. The molecule has 0 spiro atoms. The molecule has 4 nitrogen and oxygen atoms in total. The first-order valence-corrected chi connectivity index (χ1v) is 17.1. The van der Waals surface area contributed by atoms with Crippen LogP contribution in [0.4, 0.5) is 0 Å². The van der Waals surface area contributed by atoms with Gasteiger partial charge in [0.05, 0.1) is 13.2 Å². The molecular formula is C26H24N4P2S4Zn-2. The van der Waals surface area contributed by atoms with Gasteiger partial charge in [0.15, 0.2) is 0 Å². The van der Waals surface area contributed by atoms with Crippen LogP contribution in [0, 0.1) is 0 Å². The van der Waals surface area contributed by atoms with E-state index >= 15 is 0 Å². The molecule has 0 unspecified atom stereocenters. The Morgan fingerprint density at radius 1 is 0.459 bits per heavy atom. The molecule has 0 radical (unpaired) electrons. The SMILES string of the molecule is NC([S-])=N[P+]([S-])(c1ccccc1)c1ccccc1.NC([S-])=N[P+]([S-])(c1ccccc1)c1ccccc1.[Zn]. The molecule has 0 aliphatic heterocycles. The monoisotopic (exact) mass is 646 g/mol. The maximum Gasteiger partial charge on any atom is 0.103 e. The van der Waals surface area contributed by atoms with Crippen molar-refractivity contribution in [2.45, 2.75) is 0 Å². The smallest absolute Gasteiger partial charge is 0.103 e. The fourth-order valence-corrected chi connectivity index (χ4v) is 10.3. The molecule has 11 heteroatoms. The second kappa shape index (κ2) is 15.1. The zero-order valence-corrected chi connectivity index (χ0v) is 27.9. The molecule has 4 aromatic carbocycles. The number of nitrogens with two attached hydrogens (primary N) is 2. The third-order valence-electron chi connectivity index (χ3n) is 4.90. The van der Waals surface area contributed by atoms with Crippen LogP contribution in [-0.2, 0) is 69.2 Å². The van der Waals surface area contributed by atoms with Crippen LogP contribution >= 0.6 is 13.2 Å². The van der Waals surface area contributed by atoms with E-state index in [1.807, 2.05) is 121 Å². The number of nitrogens with zero attached hydrogens (tertiary/aromatic N) is 2. The molecule has 0 aliphatic rings. The first-order chi connectivity index (χ1) is 17.3. The molecule has 0 fully saturated rings. The van der Waals surface area contributed by atoms with E-state index in [9.17, 15) is 0 Å². The second-order valence-corrected chi connectivity index (χ2v) is 16.1. The minimum absolute atomic E-state index is 0. The molecule has 4 rings (SSSR count). The van der Waals surface area contributed by atoms with Gasteiger partial charge in [-0.2, -0.15) is 9.53 Å². The molecule has 0 saturated carbocycles. The topological polar surface area (TPSA) is 76.8 Å². The number of hydrogen-bond donors (Lipinski definition) is 2. The van der Waals surface area contributed by atoms with E-state index in [-0.39, 0.29) is 29.8 Å². The van der Waals surface area contributed by atoms with Crippen LogP contribution in [0.25, 0.3) is 0 Å². The number of hydrogen-bond acceptors (Lipinski definition) is 6. The van der Waals surface area contributed by atoms with Crippen LogP contribution in [0.2, 0.25) is 0 Å². The van der Waals surface area contributed by atoms with Gasteiger partial charge in [-0.25, -0.2) is 0 Å². The zero-order chi connectivity index (χ0) is 26.0. The van der Waals surface area contributed by atoms with Crippen molar-refractivity contribution in [3.63, 3.8) is 0 Å². The molecule has 4 aromatic rings. The first kappa shape index (κ1) is 31.7. The van der Waals surface area contributed by atoms with E-state index in [0.717, 1.165) is 21.2 Å². The van der Waals surface area contributed by atoms with E-state index in [0.29, 0.717) is 0 Å². The van der Waals surface area contributed by atoms with Crippen LogP contribution in [0.5, 0.6) is 0 Å². The summed E-state index contributed by atoms with van der Waals surface area (Å²) in [4.78, 5) is 0. The van der Waals surface area contributed by atoms with Crippen molar-refractivity contribution < 1.29 is 19.5 Å². The van der Waals surface area contributed by atoms with Crippen molar-refractivity contribution in [2.24, 2.45) is 21.0 Å². The summed E-state index contributed by atoms with van der Waals surface area (Å²) in [7, 11) is 0. The van der Waals surface area contributed by atoms with E-state index < -0.39 is 13.2 Å². The molecule has 0 saturated heterocycles. The summed E-state index contributed by atoms with van der Waals surface area (Å²) in [5.74, 6) is 0. The van der Waals surface area contributed by atoms with E-state index in [1.165, 1.54) is 0 Å². The van der Waals surface area contributed by atoms with E-state index in [1.54, 1.807) is 0 Å². The molecule has 37 heavy (non-hydrogen) atoms. The normalized spacial score (nSPS) is 12.1. The Balaban J connectivity index is 0.000000253. The van der Waals surface area contributed by atoms with Gasteiger partial charge < -0.3 is 61.2 Å². The number of amidine groups is 2. The summed E-state index contributed by atoms with van der Waals surface area (Å²) in [5, 5.41) is 4.23. The fourth-order valence-electron chi connectivity index (χ4n) is 3.33. The van der Waals surface area contributed by atoms with Crippen LogP contribution < -0.4 is 32.7 Å². The molecular weight excluding hydrogens is 624 g/mol. The standard InChI is InChI=1S/2C13H13N2PS2.Zn/c2*14-13(17)15-16(18,11-7-3-1-4-8-11)12-9-5-2-6-10-12;/h2*1-10H,(H3,14,15,17,18);/p-2. The molecule has 0 aliphatic carbocycles. The van der Waals surface area contributed by atoms with Crippen molar-refractivity contribution in [1.29, 1.82) is 0 Å². The quantitative estimate of drug-likeness (QED) is 0.109. The summed E-state index contributed by atoms with van der Waals surface area (Å²) in [6.07, 6.45) is 0. The number of benzene rings is 4. The van der Waals surface area contributed by atoms with Crippen molar-refractivity contribution >= 4 is 94.5 Å². The summed E-state index contributed by atoms with van der Waals surface area (Å²) >= 11 is 21.4. The fraction of sp³-hybridized carbons (Fsp3) is 0. The van der Waals surface area contributed by atoms with Gasteiger partial charge in [0.1, 0.15) is 21.2 Å². The van der Waals surface area contributed by atoms with Gasteiger partial charge in [-0.1, -0.05) is 72.8 Å². The van der Waals surface area contributed by atoms with Crippen LogP contribution in [-0.4, -0.2) is 10.3 Å². The van der Waals surface area contributed by atoms with Crippen molar-refractivity contribution in [3.05, 3.63) is 121 Å². The minimum atomic E-state index is -2.29. The predicted octanol–water partition coefficient (Wildman–Crippen LogP) is 3.78. The van der Waals surface area contributed by atoms with Gasteiger partial charge >= 0.3 is 0 Å². The summed E-state index contributed by atoms with van der Waals surface area (Å²) in [6, 6.07) is 39.3. The Bertz CT molecular complexity index is 1110. The zero-order valence-electron chi connectivity index (χ0n) is 19.8. The van der Waals surface area contributed by atoms with E-state index in [4.69, 9.17) is 61.2 Å². The Labute approximate surface area is 254 Å². The predicted molar refractivity (Wildman–Crippen MR) is 171 cm³/mol. The maximum atomic E-state index is 5.79. The first-order valence-electron chi connectivity index (χ1n) is 10.7. The maximum absolute atomic E-state index is 5.79. The van der Waals surface area contributed by atoms with Gasteiger partial charge in [0.2, 0.25) is 0 Å². The Morgan fingerprint density at radius 2 is 0.649 bits per heavy atom.